The Kier molecular flexibility index (Phi) is 14.7. The fourth-order valence-corrected chi connectivity index (χ4v) is 7.15. The Balaban J connectivity index is 1.97. The van der Waals surface area contributed by atoms with Gasteiger partial charge in [0.2, 0.25) is 23.6 Å². The van der Waals surface area contributed by atoms with Gasteiger partial charge in [-0.1, -0.05) is 46.2 Å². The summed E-state index contributed by atoms with van der Waals surface area (Å²) in [5.41, 5.74) is 0.825. The molecule has 1 unspecified atom stereocenters. The zero-order valence-corrected chi connectivity index (χ0v) is 31.7. The van der Waals surface area contributed by atoms with Crippen LogP contribution in [0.25, 0.3) is 0 Å². The number of aromatic nitrogens is 1. The maximum absolute atomic E-state index is 14.6. The summed E-state index contributed by atoms with van der Waals surface area (Å²) < 4.78 is 10.5. The van der Waals surface area contributed by atoms with E-state index in [1.807, 2.05) is 62.2 Å². The third kappa shape index (κ3) is 9.83. The Labute approximate surface area is 296 Å². The van der Waals surface area contributed by atoms with Crippen LogP contribution in [-0.4, -0.2) is 108 Å². The lowest BCUT2D eigenvalue weighted by atomic mass is 9.93. The second kappa shape index (κ2) is 18.2. The van der Waals surface area contributed by atoms with Crippen molar-refractivity contribution in [3.8, 4) is 5.75 Å². The third-order valence-electron chi connectivity index (χ3n) is 9.61. The zero-order valence-electron chi connectivity index (χ0n) is 30.8. The molecular formula is C37H55N5O6S. The summed E-state index contributed by atoms with van der Waals surface area (Å²) in [6, 6.07) is 4.74. The van der Waals surface area contributed by atoms with Crippen molar-refractivity contribution in [3.05, 3.63) is 58.2 Å². The number of rotatable bonds is 16. The number of nitrogens with zero attached hydrogens (tertiary/aromatic N) is 5. The highest BCUT2D eigenvalue weighted by atomic mass is 32.1. The van der Waals surface area contributed by atoms with Crippen molar-refractivity contribution in [3.63, 3.8) is 0 Å². The summed E-state index contributed by atoms with van der Waals surface area (Å²) in [6.45, 7) is 10.3. The summed E-state index contributed by atoms with van der Waals surface area (Å²) in [4.78, 5) is 67.6. The van der Waals surface area contributed by atoms with Crippen LogP contribution in [0.1, 0.15) is 76.9 Å². The minimum Gasteiger partial charge on any atom is -0.501 e. The summed E-state index contributed by atoms with van der Waals surface area (Å²) in [7, 11) is 7.95. The number of hydrogen-bond acceptors (Lipinski definition) is 8. The maximum Gasteiger partial charge on any atom is 0.250 e. The van der Waals surface area contributed by atoms with Crippen LogP contribution in [-0.2, 0) is 30.3 Å². The fraction of sp³-hybridized carbons (Fsp3) is 0.595. The quantitative estimate of drug-likeness (QED) is 0.176. The molecule has 11 nitrogen and oxygen atoms in total. The third-order valence-corrected chi connectivity index (χ3v) is 10.5. The van der Waals surface area contributed by atoms with Crippen molar-refractivity contribution >= 4 is 35.0 Å². The van der Waals surface area contributed by atoms with E-state index in [2.05, 4.69) is 4.98 Å². The minimum atomic E-state index is -0.921. The average molecular weight is 698 g/mol. The van der Waals surface area contributed by atoms with Crippen molar-refractivity contribution in [2.75, 3.05) is 41.9 Å². The predicted octanol–water partition coefficient (Wildman–Crippen LogP) is 5.18. The molecule has 0 spiro atoms. The Hall–Kier alpha value is -3.93. The molecule has 270 valence electrons. The SMILES string of the molecule is CC[C@H](C)[C@H](C(=O)N1CCC[C@@H]1c1nccs1)N(C)C(=O)C(CC(C)C)N(C)C(=O)[C@H](Cc1ccc(OC)cc1)N(C)C(=O)C=C(C)OC. The molecule has 49 heavy (non-hydrogen) atoms. The molecule has 0 aliphatic carbocycles. The topological polar surface area (TPSA) is 113 Å². The van der Waals surface area contributed by atoms with Crippen LogP contribution in [0.2, 0.25) is 0 Å². The number of hydrogen-bond donors (Lipinski definition) is 0. The monoisotopic (exact) mass is 697 g/mol. The molecule has 3 rings (SSSR count). The summed E-state index contributed by atoms with van der Waals surface area (Å²) in [5.74, 6) is -0.148. The molecule has 0 bridgehead atoms. The van der Waals surface area contributed by atoms with Gasteiger partial charge < -0.3 is 29.1 Å². The van der Waals surface area contributed by atoms with Crippen LogP contribution in [0.4, 0.5) is 0 Å². The molecule has 1 fully saturated rings. The van der Waals surface area contributed by atoms with Crippen LogP contribution in [0.3, 0.4) is 0 Å². The van der Waals surface area contributed by atoms with Crippen molar-refractivity contribution < 1.29 is 28.7 Å². The molecule has 0 saturated carbocycles. The fourth-order valence-electron chi connectivity index (χ4n) is 6.37. The van der Waals surface area contributed by atoms with Gasteiger partial charge in [-0.2, -0.15) is 0 Å². The van der Waals surface area contributed by atoms with Crippen molar-refractivity contribution in [2.45, 2.75) is 90.9 Å². The molecule has 2 aromatic rings. The first-order chi connectivity index (χ1) is 23.2. The highest BCUT2D eigenvalue weighted by Gasteiger charge is 2.43. The van der Waals surface area contributed by atoms with E-state index in [4.69, 9.17) is 9.47 Å². The van der Waals surface area contributed by atoms with Gasteiger partial charge in [-0.25, -0.2) is 4.98 Å². The smallest absolute Gasteiger partial charge is 0.250 e. The first-order valence-electron chi connectivity index (χ1n) is 17.1. The van der Waals surface area contributed by atoms with E-state index in [0.717, 1.165) is 23.4 Å². The lowest BCUT2D eigenvalue weighted by molar-refractivity contribution is -0.154. The molecule has 4 amide bonds. The molecule has 1 aromatic carbocycles. The molecule has 1 aromatic heterocycles. The Bertz CT molecular complexity index is 1430. The number of carbonyl (C=O) groups excluding carboxylic acids is 4. The lowest BCUT2D eigenvalue weighted by Crippen LogP contribution is -2.59. The van der Waals surface area contributed by atoms with Crippen LogP contribution in [0, 0.1) is 11.8 Å². The molecule has 1 saturated heterocycles. The number of benzene rings is 1. The summed E-state index contributed by atoms with van der Waals surface area (Å²) >= 11 is 1.54. The molecule has 2 heterocycles. The van der Waals surface area contributed by atoms with Crippen LogP contribution >= 0.6 is 11.3 Å². The van der Waals surface area contributed by atoms with Crippen molar-refractivity contribution in [1.82, 2.24) is 24.6 Å². The second-order valence-corrected chi connectivity index (χ2v) is 14.3. The average Bonchev–Trinajstić information content (AvgIpc) is 3.81. The van der Waals surface area contributed by atoms with Gasteiger partial charge >= 0.3 is 0 Å². The number of methoxy groups -OCH3 is 2. The summed E-state index contributed by atoms with van der Waals surface area (Å²) in [5, 5.41) is 2.83. The Morgan fingerprint density at radius 1 is 1.00 bits per heavy atom. The Morgan fingerprint density at radius 3 is 2.20 bits per heavy atom. The number of ether oxygens (including phenoxy) is 2. The van der Waals surface area contributed by atoms with Gasteiger partial charge in [0.15, 0.2) is 0 Å². The van der Waals surface area contributed by atoms with E-state index in [9.17, 15) is 19.2 Å². The largest absolute Gasteiger partial charge is 0.501 e. The highest BCUT2D eigenvalue weighted by Crippen LogP contribution is 2.35. The number of allylic oxidation sites excluding steroid dienone is 1. The number of thiazole rings is 1. The highest BCUT2D eigenvalue weighted by molar-refractivity contribution is 7.09. The molecule has 1 aliphatic rings. The molecule has 0 N–H and O–H groups in total. The van der Waals surface area contributed by atoms with Crippen LogP contribution < -0.4 is 4.74 Å². The number of amides is 4. The van der Waals surface area contributed by atoms with E-state index in [0.29, 0.717) is 30.9 Å². The van der Waals surface area contributed by atoms with Gasteiger partial charge in [0, 0.05) is 51.8 Å². The van der Waals surface area contributed by atoms with E-state index in [1.165, 1.54) is 34.3 Å². The van der Waals surface area contributed by atoms with E-state index in [1.54, 1.807) is 46.3 Å². The standard InChI is InChI=1S/C37H55N5O6S/c1-11-25(4)33(37(46)42-19-12-13-29(42)34-38-18-20-49-34)41(8)36(45)30(21-24(2)3)40(7)35(44)31(39(6)32(43)22-26(5)47-9)23-27-14-16-28(48-10)17-15-27/h14-18,20,22,24-25,29-31,33H,11-13,19,21,23H2,1-10H3/t25-,29+,30?,31-,33+/m0/s1. The first kappa shape index (κ1) is 39.5. The summed E-state index contributed by atoms with van der Waals surface area (Å²) in [6.07, 6.45) is 6.10. The molecule has 0 radical (unpaired) electrons. The maximum atomic E-state index is 14.6. The van der Waals surface area contributed by atoms with Gasteiger partial charge in [-0.3, -0.25) is 19.2 Å². The van der Waals surface area contributed by atoms with Gasteiger partial charge in [0.05, 0.1) is 26.0 Å². The number of likely N-dealkylation sites (N-methyl/N-ethyl adjacent to an activating group) is 3. The molecule has 12 heteroatoms. The van der Waals surface area contributed by atoms with Crippen LogP contribution in [0.5, 0.6) is 5.75 Å². The van der Waals surface area contributed by atoms with Crippen LogP contribution in [0.15, 0.2) is 47.7 Å². The number of likely N-dealkylation sites (tertiary alicyclic amines) is 1. The van der Waals surface area contributed by atoms with E-state index >= 15 is 0 Å². The lowest BCUT2D eigenvalue weighted by Gasteiger charge is -2.40. The predicted molar refractivity (Wildman–Crippen MR) is 192 cm³/mol. The zero-order chi connectivity index (χ0) is 36.4. The molecular weight excluding hydrogens is 643 g/mol. The molecule has 5 atom stereocenters. The van der Waals surface area contributed by atoms with Gasteiger partial charge in [0.25, 0.3) is 0 Å². The van der Waals surface area contributed by atoms with E-state index < -0.39 is 24.0 Å². The van der Waals surface area contributed by atoms with Crippen molar-refractivity contribution in [1.29, 1.82) is 0 Å². The second-order valence-electron chi connectivity index (χ2n) is 13.4. The first-order valence-corrected chi connectivity index (χ1v) is 18.0. The molecule has 1 aliphatic heterocycles. The van der Waals surface area contributed by atoms with Gasteiger partial charge in [-0.05, 0) is 55.7 Å². The van der Waals surface area contributed by atoms with E-state index in [-0.39, 0.29) is 42.0 Å². The van der Waals surface area contributed by atoms with Crippen molar-refractivity contribution in [2.24, 2.45) is 11.8 Å². The van der Waals surface area contributed by atoms with Gasteiger partial charge in [0.1, 0.15) is 28.9 Å². The van der Waals surface area contributed by atoms with Gasteiger partial charge in [-0.15, -0.1) is 11.3 Å². The Morgan fingerprint density at radius 2 is 1.65 bits per heavy atom. The number of carbonyl (C=O) groups is 4. The minimum absolute atomic E-state index is 0.0647. The normalized spacial score (nSPS) is 17.2.